The zero-order valence-corrected chi connectivity index (χ0v) is 17.1. The standard InChI is InChI=1S/C25H23NO2S/c1-19-12-14-22(15-13-19)29(27,28)26-17-16-25(21-10-6-3-7-11-21)18-23(25)24(26)20-8-4-2-5-9-20/h2-17,23-24H,18H2,1H3/t23-,24-,25-/m1/s1. The molecule has 3 nitrogen and oxygen atoms in total. The first-order valence-electron chi connectivity index (χ1n) is 9.92. The molecule has 0 unspecified atom stereocenters. The second-order valence-corrected chi connectivity index (χ2v) is 9.88. The van der Waals surface area contributed by atoms with E-state index in [0.29, 0.717) is 4.90 Å². The maximum Gasteiger partial charge on any atom is 0.264 e. The first-order chi connectivity index (χ1) is 14.0. The Bertz CT molecular complexity index is 1150. The summed E-state index contributed by atoms with van der Waals surface area (Å²) in [7, 11) is -3.64. The van der Waals surface area contributed by atoms with E-state index in [9.17, 15) is 8.42 Å². The Morgan fingerprint density at radius 1 is 0.862 bits per heavy atom. The normalized spacial score (nSPS) is 25.5. The molecule has 2 aliphatic rings. The summed E-state index contributed by atoms with van der Waals surface area (Å²) in [6.45, 7) is 1.96. The maximum absolute atomic E-state index is 13.6. The summed E-state index contributed by atoms with van der Waals surface area (Å²) in [5.74, 6) is 0.220. The molecule has 3 aromatic carbocycles. The van der Waals surface area contributed by atoms with Gasteiger partial charge in [-0.3, -0.25) is 4.31 Å². The Hall–Kier alpha value is -2.85. The van der Waals surface area contributed by atoms with Crippen LogP contribution in [-0.4, -0.2) is 12.7 Å². The van der Waals surface area contributed by atoms with Gasteiger partial charge in [-0.2, -0.15) is 0 Å². The van der Waals surface area contributed by atoms with E-state index in [1.54, 1.807) is 22.6 Å². The molecular weight excluding hydrogens is 378 g/mol. The first-order valence-corrected chi connectivity index (χ1v) is 11.4. The van der Waals surface area contributed by atoms with Crippen LogP contribution < -0.4 is 0 Å². The van der Waals surface area contributed by atoms with Gasteiger partial charge in [0.25, 0.3) is 10.0 Å². The number of hydrogen-bond acceptors (Lipinski definition) is 2. The molecule has 146 valence electrons. The molecule has 3 aromatic rings. The van der Waals surface area contributed by atoms with Crippen LogP contribution in [0.1, 0.15) is 29.2 Å². The SMILES string of the molecule is Cc1ccc(S(=O)(=O)N2C=C[C@]3(c4ccccc4)C[C@@H]3[C@H]2c2ccccc2)cc1. The van der Waals surface area contributed by atoms with Gasteiger partial charge in [0.1, 0.15) is 0 Å². The molecule has 0 bridgehead atoms. The minimum Gasteiger partial charge on any atom is -0.266 e. The molecule has 1 saturated carbocycles. The van der Waals surface area contributed by atoms with Crippen LogP contribution in [0.2, 0.25) is 0 Å². The van der Waals surface area contributed by atoms with Crippen molar-refractivity contribution in [3.63, 3.8) is 0 Å². The molecule has 0 radical (unpaired) electrons. The molecule has 0 aromatic heterocycles. The average molecular weight is 402 g/mol. The fourth-order valence-electron chi connectivity index (χ4n) is 4.63. The van der Waals surface area contributed by atoms with E-state index < -0.39 is 10.0 Å². The minimum absolute atomic E-state index is 0.0823. The molecule has 1 aliphatic heterocycles. The molecule has 0 N–H and O–H groups in total. The zero-order chi connectivity index (χ0) is 20.1. The lowest BCUT2D eigenvalue weighted by Crippen LogP contribution is -2.36. The maximum atomic E-state index is 13.6. The summed E-state index contributed by atoms with van der Waals surface area (Å²) >= 11 is 0. The Morgan fingerprint density at radius 3 is 2.14 bits per heavy atom. The van der Waals surface area contributed by atoms with E-state index in [-0.39, 0.29) is 17.4 Å². The van der Waals surface area contributed by atoms with Gasteiger partial charge in [0, 0.05) is 11.6 Å². The molecule has 1 fully saturated rings. The minimum atomic E-state index is -3.64. The Labute approximate surface area is 172 Å². The molecule has 29 heavy (non-hydrogen) atoms. The second kappa shape index (κ2) is 6.60. The lowest BCUT2D eigenvalue weighted by atomic mass is 9.87. The summed E-state index contributed by atoms with van der Waals surface area (Å²) < 4.78 is 28.7. The van der Waals surface area contributed by atoms with Gasteiger partial charge >= 0.3 is 0 Å². The highest BCUT2D eigenvalue weighted by Crippen LogP contribution is 2.64. The topological polar surface area (TPSA) is 37.4 Å². The van der Waals surface area contributed by atoms with E-state index in [1.165, 1.54) is 5.56 Å². The smallest absolute Gasteiger partial charge is 0.264 e. The predicted molar refractivity (Wildman–Crippen MR) is 115 cm³/mol. The molecule has 0 amide bonds. The van der Waals surface area contributed by atoms with E-state index >= 15 is 0 Å². The third-order valence-corrected chi connectivity index (χ3v) is 8.05. The van der Waals surface area contributed by atoms with Crippen LogP contribution in [0.25, 0.3) is 0 Å². The van der Waals surface area contributed by atoms with Crippen molar-refractivity contribution in [3.05, 3.63) is 114 Å². The van der Waals surface area contributed by atoms with Crippen LogP contribution in [0.4, 0.5) is 0 Å². The Balaban J connectivity index is 1.62. The summed E-state index contributed by atoms with van der Waals surface area (Å²) in [5, 5.41) is 0. The fraction of sp³-hybridized carbons (Fsp3) is 0.200. The van der Waals surface area contributed by atoms with Crippen molar-refractivity contribution in [2.24, 2.45) is 5.92 Å². The Kier molecular flexibility index (Phi) is 4.14. The molecule has 0 saturated heterocycles. The van der Waals surface area contributed by atoms with Gasteiger partial charge in [0.2, 0.25) is 0 Å². The van der Waals surface area contributed by atoms with Crippen LogP contribution in [0.3, 0.4) is 0 Å². The largest absolute Gasteiger partial charge is 0.266 e. The zero-order valence-electron chi connectivity index (χ0n) is 16.3. The van der Waals surface area contributed by atoms with E-state index in [0.717, 1.165) is 17.5 Å². The second-order valence-electron chi connectivity index (χ2n) is 8.04. The van der Waals surface area contributed by atoms with Gasteiger partial charge in [-0.05, 0) is 42.5 Å². The molecule has 5 rings (SSSR count). The van der Waals surface area contributed by atoms with Crippen LogP contribution in [-0.2, 0) is 15.4 Å². The number of nitrogens with zero attached hydrogens (tertiary/aromatic N) is 1. The van der Waals surface area contributed by atoms with Gasteiger partial charge in [0.15, 0.2) is 0 Å². The Morgan fingerprint density at radius 2 is 1.48 bits per heavy atom. The van der Waals surface area contributed by atoms with Crippen molar-refractivity contribution in [2.75, 3.05) is 0 Å². The molecule has 1 aliphatic carbocycles. The predicted octanol–water partition coefficient (Wildman–Crippen LogP) is 5.21. The van der Waals surface area contributed by atoms with Gasteiger partial charge in [-0.1, -0.05) is 84.4 Å². The van der Waals surface area contributed by atoms with Crippen molar-refractivity contribution in [1.82, 2.24) is 4.31 Å². The average Bonchev–Trinajstić information content (AvgIpc) is 3.51. The third kappa shape index (κ3) is 2.90. The van der Waals surface area contributed by atoms with Gasteiger partial charge in [0.05, 0.1) is 10.9 Å². The van der Waals surface area contributed by atoms with Gasteiger partial charge < -0.3 is 0 Å². The monoisotopic (exact) mass is 401 g/mol. The van der Waals surface area contributed by atoms with Crippen molar-refractivity contribution in [2.45, 2.75) is 29.7 Å². The number of benzene rings is 3. The number of aryl methyl sites for hydroxylation is 1. The fourth-order valence-corrected chi connectivity index (χ4v) is 6.15. The number of fused-ring (bicyclic) bond motifs is 1. The quantitative estimate of drug-likeness (QED) is 0.602. The highest BCUT2D eigenvalue weighted by atomic mass is 32.2. The number of sulfonamides is 1. The number of hydrogen-bond donors (Lipinski definition) is 0. The summed E-state index contributed by atoms with van der Waals surface area (Å²) in [5.41, 5.74) is 3.26. The van der Waals surface area contributed by atoms with Gasteiger partial charge in [-0.25, -0.2) is 8.42 Å². The van der Waals surface area contributed by atoms with Crippen LogP contribution >= 0.6 is 0 Å². The van der Waals surface area contributed by atoms with E-state index in [4.69, 9.17) is 0 Å². The van der Waals surface area contributed by atoms with Crippen molar-refractivity contribution >= 4 is 10.0 Å². The lowest BCUT2D eigenvalue weighted by molar-refractivity contribution is 0.339. The molecule has 4 heteroatoms. The van der Waals surface area contributed by atoms with Crippen LogP contribution in [0.15, 0.2) is 102 Å². The van der Waals surface area contributed by atoms with Gasteiger partial charge in [-0.15, -0.1) is 0 Å². The summed E-state index contributed by atoms with van der Waals surface area (Å²) in [6, 6.07) is 27.3. The van der Waals surface area contributed by atoms with Crippen LogP contribution in [0.5, 0.6) is 0 Å². The molecule has 1 heterocycles. The molecule has 3 atom stereocenters. The highest BCUT2D eigenvalue weighted by Gasteiger charge is 2.61. The lowest BCUT2D eigenvalue weighted by Gasteiger charge is -2.35. The van der Waals surface area contributed by atoms with E-state index in [1.807, 2.05) is 55.5 Å². The number of allylic oxidation sites excluding steroid dienone is 1. The highest BCUT2D eigenvalue weighted by molar-refractivity contribution is 7.89. The number of rotatable bonds is 4. The molecule has 0 spiro atoms. The molecular formula is C25H23NO2S. The van der Waals surface area contributed by atoms with Crippen molar-refractivity contribution in [1.29, 1.82) is 0 Å². The van der Waals surface area contributed by atoms with Crippen molar-refractivity contribution < 1.29 is 8.42 Å². The summed E-state index contributed by atoms with van der Waals surface area (Å²) in [4.78, 5) is 0.335. The third-order valence-electron chi connectivity index (χ3n) is 6.28. The summed E-state index contributed by atoms with van der Waals surface area (Å²) in [6.07, 6.45) is 4.84. The van der Waals surface area contributed by atoms with Crippen molar-refractivity contribution in [3.8, 4) is 0 Å². The van der Waals surface area contributed by atoms with Crippen LogP contribution in [0, 0.1) is 12.8 Å². The first kappa shape index (κ1) is 18.2. The van der Waals surface area contributed by atoms with E-state index in [2.05, 4.69) is 30.3 Å².